The van der Waals surface area contributed by atoms with Crippen molar-refractivity contribution in [3.05, 3.63) is 41.7 Å². The first kappa shape index (κ1) is 11.9. The fourth-order valence-corrected chi connectivity index (χ4v) is 1.10. The van der Waals surface area contributed by atoms with Crippen LogP contribution >= 0.6 is 0 Å². The molecule has 5 heteroatoms. The smallest absolute Gasteiger partial charge is 0.338 e. The van der Waals surface area contributed by atoms with E-state index in [1.807, 2.05) is 0 Å². The molecule has 1 amide bonds. The van der Waals surface area contributed by atoms with E-state index in [4.69, 9.17) is 5.11 Å². The molecule has 0 radical (unpaired) electrons. The number of carbonyl (C=O) groups is 2. The number of amides is 1. The van der Waals surface area contributed by atoms with Gasteiger partial charge in [0.25, 0.3) is 0 Å². The third-order valence-corrected chi connectivity index (χ3v) is 1.79. The number of allylic oxidation sites excluding steroid dienone is 1. The molecule has 0 aliphatic heterocycles. The monoisotopic (exact) mass is 223 g/mol. The molecular weight excluding hydrogens is 213 g/mol. The maximum atomic E-state index is 13.2. The topological polar surface area (TPSA) is 66.4 Å². The molecule has 0 aromatic heterocycles. The summed E-state index contributed by atoms with van der Waals surface area (Å²) < 4.78 is 13.2. The Labute approximate surface area is 91.4 Å². The van der Waals surface area contributed by atoms with Gasteiger partial charge >= 0.3 is 5.97 Å². The molecule has 0 bridgehead atoms. The second-order valence-corrected chi connectivity index (χ2v) is 2.99. The number of benzene rings is 1. The third kappa shape index (κ3) is 2.91. The van der Waals surface area contributed by atoms with Crippen LogP contribution in [-0.2, 0) is 4.79 Å². The molecule has 1 rings (SSSR count). The van der Waals surface area contributed by atoms with Crippen molar-refractivity contribution in [2.45, 2.75) is 6.92 Å². The molecule has 0 unspecified atom stereocenters. The molecule has 0 atom stereocenters. The van der Waals surface area contributed by atoms with Crippen LogP contribution in [-0.4, -0.2) is 17.0 Å². The molecule has 2 N–H and O–H groups in total. The van der Waals surface area contributed by atoms with Crippen molar-refractivity contribution in [1.29, 1.82) is 0 Å². The summed E-state index contributed by atoms with van der Waals surface area (Å²) in [5, 5.41) is 11.0. The molecule has 0 saturated carbocycles. The number of carboxylic acids is 1. The summed E-state index contributed by atoms with van der Waals surface area (Å²) in [7, 11) is 0. The number of aromatic carboxylic acids is 1. The van der Waals surface area contributed by atoms with Crippen LogP contribution in [0.1, 0.15) is 17.3 Å². The Morgan fingerprint density at radius 1 is 1.44 bits per heavy atom. The molecule has 4 nitrogen and oxygen atoms in total. The normalized spacial score (nSPS) is 10.4. The van der Waals surface area contributed by atoms with Gasteiger partial charge in [-0.2, -0.15) is 0 Å². The standard InChI is InChI=1S/C11H10FNO3/c1-2-3-10(14)13-7-4-5-8(11(15)16)9(12)6-7/h2-6H,1H3,(H,13,14)(H,15,16)/b3-2+. The average Bonchev–Trinajstić information content (AvgIpc) is 2.17. The van der Waals surface area contributed by atoms with E-state index in [2.05, 4.69) is 5.32 Å². The lowest BCUT2D eigenvalue weighted by molar-refractivity contribution is -0.111. The van der Waals surface area contributed by atoms with Crippen LogP contribution in [0.5, 0.6) is 0 Å². The minimum absolute atomic E-state index is 0.214. The molecule has 0 aliphatic carbocycles. The number of halogens is 1. The third-order valence-electron chi connectivity index (χ3n) is 1.79. The van der Waals surface area contributed by atoms with Crippen LogP contribution in [0.2, 0.25) is 0 Å². The molecule has 16 heavy (non-hydrogen) atoms. The molecule has 84 valence electrons. The van der Waals surface area contributed by atoms with E-state index < -0.39 is 23.3 Å². The first-order chi connectivity index (χ1) is 7.54. The van der Waals surface area contributed by atoms with Gasteiger partial charge in [0.1, 0.15) is 5.82 Å². The fraction of sp³-hybridized carbons (Fsp3) is 0.0909. The van der Waals surface area contributed by atoms with E-state index in [1.165, 1.54) is 18.2 Å². The number of carboxylic acid groups (broad SMARTS) is 1. The highest BCUT2D eigenvalue weighted by Crippen LogP contribution is 2.14. The van der Waals surface area contributed by atoms with Crippen molar-refractivity contribution in [1.82, 2.24) is 0 Å². The fourth-order valence-electron chi connectivity index (χ4n) is 1.10. The second kappa shape index (κ2) is 5.06. The number of rotatable bonds is 3. The van der Waals surface area contributed by atoms with Crippen LogP contribution in [0.3, 0.4) is 0 Å². The summed E-state index contributed by atoms with van der Waals surface area (Å²) in [5.41, 5.74) is -0.213. The Balaban J connectivity index is 2.89. The van der Waals surface area contributed by atoms with E-state index in [1.54, 1.807) is 6.92 Å². The van der Waals surface area contributed by atoms with E-state index in [0.717, 1.165) is 12.1 Å². The van der Waals surface area contributed by atoms with Crippen LogP contribution < -0.4 is 5.32 Å². The Morgan fingerprint density at radius 2 is 2.12 bits per heavy atom. The quantitative estimate of drug-likeness (QED) is 0.770. The minimum atomic E-state index is -1.34. The van der Waals surface area contributed by atoms with Gasteiger partial charge in [-0.05, 0) is 31.2 Å². The van der Waals surface area contributed by atoms with Crippen molar-refractivity contribution < 1.29 is 19.1 Å². The molecule has 0 aliphatic rings. The van der Waals surface area contributed by atoms with Gasteiger partial charge in [0, 0.05) is 5.69 Å². The van der Waals surface area contributed by atoms with Gasteiger partial charge in [0.2, 0.25) is 5.91 Å². The first-order valence-electron chi connectivity index (χ1n) is 4.51. The average molecular weight is 223 g/mol. The lowest BCUT2D eigenvalue weighted by Crippen LogP contribution is -2.09. The van der Waals surface area contributed by atoms with Gasteiger partial charge in [-0.3, -0.25) is 4.79 Å². The molecule has 0 spiro atoms. The summed E-state index contributed by atoms with van der Waals surface area (Å²) in [6, 6.07) is 3.39. The van der Waals surface area contributed by atoms with Crippen LogP contribution in [0.15, 0.2) is 30.4 Å². The summed E-state index contributed by atoms with van der Waals surface area (Å²) in [6.07, 6.45) is 2.82. The largest absolute Gasteiger partial charge is 0.478 e. The zero-order valence-corrected chi connectivity index (χ0v) is 8.53. The summed E-state index contributed by atoms with van der Waals surface area (Å²) in [6.45, 7) is 1.67. The van der Waals surface area contributed by atoms with Gasteiger partial charge in [-0.15, -0.1) is 0 Å². The highest BCUT2D eigenvalue weighted by atomic mass is 19.1. The van der Waals surface area contributed by atoms with Crippen LogP contribution in [0.25, 0.3) is 0 Å². The Morgan fingerprint density at radius 3 is 2.62 bits per heavy atom. The van der Waals surface area contributed by atoms with Crippen molar-refractivity contribution in [2.24, 2.45) is 0 Å². The Bertz CT molecular complexity index is 455. The highest BCUT2D eigenvalue weighted by molar-refractivity contribution is 5.99. The lowest BCUT2D eigenvalue weighted by atomic mass is 10.2. The SMILES string of the molecule is C/C=C/C(=O)Nc1ccc(C(=O)O)c(F)c1. The van der Waals surface area contributed by atoms with E-state index in [-0.39, 0.29) is 5.69 Å². The molecule has 1 aromatic carbocycles. The molecule has 0 heterocycles. The minimum Gasteiger partial charge on any atom is -0.478 e. The van der Waals surface area contributed by atoms with Gasteiger partial charge in [-0.1, -0.05) is 6.08 Å². The predicted octanol–water partition coefficient (Wildman–Crippen LogP) is 2.04. The van der Waals surface area contributed by atoms with Crippen molar-refractivity contribution in [3.63, 3.8) is 0 Å². The maximum Gasteiger partial charge on any atom is 0.338 e. The van der Waals surface area contributed by atoms with Crippen molar-refractivity contribution in [2.75, 3.05) is 5.32 Å². The number of hydrogen-bond donors (Lipinski definition) is 2. The molecular formula is C11H10FNO3. The molecule has 0 fully saturated rings. The number of nitrogens with one attached hydrogen (secondary N) is 1. The zero-order chi connectivity index (χ0) is 12.1. The molecule has 0 saturated heterocycles. The van der Waals surface area contributed by atoms with E-state index in [0.29, 0.717) is 0 Å². The van der Waals surface area contributed by atoms with Gasteiger partial charge in [0.05, 0.1) is 5.56 Å². The number of hydrogen-bond acceptors (Lipinski definition) is 2. The predicted molar refractivity (Wildman–Crippen MR) is 56.8 cm³/mol. The van der Waals surface area contributed by atoms with E-state index in [9.17, 15) is 14.0 Å². The highest BCUT2D eigenvalue weighted by Gasteiger charge is 2.10. The second-order valence-electron chi connectivity index (χ2n) is 2.99. The van der Waals surface area contributed by atoms with E-state index >= 15 is 0 Å². The summed E-state index contributed by atoms with van der Waals surface area (Å²) in [5.74, 6) is -2.63. The summed E-state index contributed by atoms with van der Waals surface area (Å²) >= 11 is 0. The zero-order valence-electron chi connectivity index (χ0n) is 8.53. The number of anilines is 1. The Kier molecular flexibility index (Phi) is 3.77. The summed E-state index contributed by atoms with van der Waals surface area (Å²) in [4.78, 5) is 21.6. The Hall–Kier alpha value is -2.17. The first-order valence-corrected chi connectivity index (χ1v) is 4.51. The number of carbonyl (C=O) groups excluding carboxylic acids is 1. The van der Waals surface area contributed by atoms with Crippen molar-refractivity contribution in [3.8, 4) is 0 Å². The van der Waals surface area contributed by atoms with Crippen LogP contribution in [0, 0.1) is 5.82 Å². The lowest BCUT2D eigenvalue weighted by Gasteiger charge is -2.03. The maximum absolute atomic E-state index is 13.2. The van der Waals surface area contributed by atoms with Crippen molar-refractivity contribution >= 4 is 17.6 Å². The van der Waals surface area contributed by atoms with Crippen LogP contribution in [0.4, 0.5) is 10.1 Å². The van der Waals surface area contributed by atoms with Gasteiger partial charge < -0.3 is 10.4 Å². The van der Waals surface area contributed by atoms with Gasteiger partial charge in [-0.25, -0.2) is 9.18 Å². The molecule has 1 aromatic rings. The van der Waals surface area contributed by atoms with Gasteiger partial charge in [0.15, 0.2) is 0 Å².